The number of carbonyl (C=O) groups is 3. The topological polar surface area (TPSA) is 69.7 Å². The van der Waals surface area contributed by atoms with Crippen LogP contribution < -0.4 is 0 Å². The van der Waals surface area contributed by atoms with Crippen LogP contribution in [0.1, 0.15) is 34.3 Å². The number of hydrogen-bond donors (Lipinski definition) is 0. The fourth-order valence-corrected chi connectivity index (χ4v) is 3.16. The largest absolute Gasteiger partial charge is 0.466 e. The minimum atomic E-state index is -4.68. The number of halogens is 4. The first-order chi connectivity index (χ1) is 15.0. The van der Waals surface area contributed by atoms with E-state index in [1.165, 1.54) is 31.2 Å². The number of carbonyl (C=O) groups excluding carboxylic acids is 3. The zero-order chi connectivity index (χ0) is 24.1. The van der Waals surface area contributed by atoms with E-state index < -0.39 is 46.6 Å². The van der Waals surface area contributed by atoms with Crippen molar-refractivity contribution in [1.29, 1.82) is 0 Å². The molecular weight excluding hydrogens is 432 g/mol. The van der Waals surface area contributed by atoms with E-state index >= 15 is 4.39 Å². The zero-order valence-corrected chi connectivity index (χ0v) is 17.2. The Kier molecular flexibility index (Phi) is 7.56. The standard InChI is InChI=1S/C23H20F4O5/c1-4-32-21(30)22(24,19(28)16-8-6-5-7-9-16)18(14(2)20(29)31-3)15-10-12-17(13-11-15)23(25,26)27/h5-13,18H,2,4H2,1,3H3. The Balaban J connectivity index is 2.75. The summed E-state index contributed by atoms with van der Waals surface area (Å²) < 4.78 is 64.9. The molecule has 0 saturated heterocycles. The van der Waals surface area contributed by atoms with Gasteiger partial charge in [0.1, 0.15) is 0 Å². The smallest absolute Gasteiger partial charge is 0.416 e. The maximum absolute atomic E-state index is 16.6. The highest BCUT2D eigenvalue weighted by Crippen LogP contribution is 2.42. The molecule has 2 aromatic carbocycles. The van der Waals surface area contributed by atoms with Crippen LogP contribution in [0.4, 0.5) is 17.6 Å². The quantitative estimate of drug-likeness (QED) is 0.191. The summed E-state index contributed by atoms with van der Waals surface area (Å²) in [6, 6.07) is 9.95. The van der Waals surface area contributed by atoms with Crippen LogP contribution in [0.25, 0.3) is 0 Å². The van der Waals surface area contributed by atoms with Gasteiger partial charge in [0, 0.05) is 11.1 Å². The van der Waals surface area contributed by atoms with Gasteiger partial charge in [-0.2, -0.15) is 13.2 Å². The van der Waals surface area contributed by atoms with E-state index in [4.69, 9.17) is 4.74 Å². The molecule has 0 aliphatic heterocycles. The lowest BCUT2D eigenvalue weighted by atomic mass is 9.74. The van der Waals surface area contributed by atoms with Gasteiger partial charge in [0.25, 0.3) is 5.67 Å². The molecule has 2 unspecified atom stereocenters. The minimum Gasteiger partial charge on any atom is -0.466 e. The van der Waals surface area contributed by atoms with Gasteiger partial charge < -0.3 is 9.47 Å². The van der Waals surface area contributed by atoms with Gasteiger partial charge in [0.2, 0.25) is 5.78 Å². The lowest BCUT2D eigenvalue weighted by molar-refractivity contribution is -0.155. The van der Waals surface area contributed by atoms with Crippen molar-refractivity contribution in [3.63, 3.8) is 0 Å². The van der Waals surface area contributed by atoms with Gasteiger partial charge >= 0.3 is 18.1 Å². The van der Waals surface area contributed by atoms with Crippen LogP contribution in [0.3, 0.4) is 0 Å². The van der Waals surface area contributed by atoms with E-state index in [1.807, 2.05) is 0 Å². The number of Topliss-reactive ketones (excluding diaryl/α,β-unsaturated/α-hetero) is 1. The highest BCUT2D eigenvalue weighted by Gasteiger charge is 2.57. The summed E-state index contributed by atoms with van der Waals surface area (Å²) in [6.45, 7) is 4.55. The van der Waals surface area contributed by atoms with Gasteiger partial charge in [-0.25, -0.2) is 14.0 Å². The van der Waals surface area contributed by atoms with Crippen molar-refractivity contribution >= 4 is 17.7 Å². The summed E-state index contributed by atoms with van der Waals surface area (Å²) in [5, 5.41) is 0. The van der Waals surface area contributed by atoms with Gasteiger partial charge in [-0.05, 0) is 24.6 Å². The maximum Gasteiger partial charge on any atom is 0.416 e. The Hall–Kier alpha value is -3.49. The molecule has 0 aromatic heterocycles. The monoisotopic (exact) mass is 452 g/mol. The van der Waals surface area contributed by atoms with Crippen molar-refractivity contribution in [3.05, 3.63) is 83.4 Å². The molecule has 2 rings (SSSR count). The second-order valence-electron chi connectivity index (χ2n) is 6.70. The molecule has 2 atom stereocenters. The van der Waals surface area contributed by atoms with Gasteiger partial charge in [-0.15, -0.1) is 0 Å². The molecule has 0 spiro atoms. The van der Waals surface area contributed by atoms with E-state index in [-0.39, 0.29) is 17.7 Å². The Bertz CT molecular complexity index is 999. The zero-order valence-electron chi connectivity index (χ0n) is 17.2. The molecule has 0 aliphatic rings. The fourth-order valence-electron chi connectivity index (χ4n) is 3.16. The molecule has 0 bridgehead atoms. The molecule has 2 aromatic rings. The number of alkyl halides is 4. The molecule has 170 valence electrons. The molecular formula is C23H20F4O5. The number of methoxy groups -OCH3 is 1. The van der Waals surface area contributed by atoms with Crippen LogP contribution in [-0.2, 0) is 25.2 Å². The average molecular weight is 452 g/mol. The van der Waals surface area contributed by atoms with Crippen LogP contribution in [0.5, 0.6) is 0 Å². The summed E-state index contributed by atoms with van der Waals surface area (Å²) in [6.07, 6.45) is -4.68. The predicted octanol–water partition coefficient (Wildman–Crippen LogP) is 4.67. The molecule has 0 saturated carbocycles. The van der Waals surface area contributed by atoms with Crippen LogP contribution in [0, 0.1) is 0 Å². The molecule has 0 heterocycles. The van der Waals surface area contributed by atoms with Crippen molar-refractivity contribution in [1.82, 2.24) is 0 Å². The third kappa shape index (κ3) is 4.87. The molecule has 0 fully saturated rings. The van der Waals surface area contributed by atoms with Crippen molar-refractivity contribution in [2.24, 2.45) is 0 Å². The number of rotatable bonds is 8. The summed E-state index contributed by atoms with van der Waals surface area (Å²) in [7, 11) is 0.973. The normalized spacial score (nSPS) is 14.1. The van der Waals surface area contributed by atoms with E-state index in [1.54, 1.807) is 6.07 Å². The molecule has 32 heavy (non-hydrogen) atoms. The second-order valence-corrected chi connectivity index (χ2v) is 6.70. The highest BCUT2D eigenvalue weighted by molar-refractivity contribution is 6.17. The van der Waals surface area contributed by atoms with E-state index in [0.29, 0.717) is 12.1 Å². The first kappa shape index (κ1) is 24.8. The Morgan fingerprint density at radius 2 is 1.53 bits per heavy atom. The summed E-state index contributed by atoms with van der Waals surface area (Å²) >= 11 is 0. The van der Waals surface area contributed by atoms with Crippen molar-refractivity contribution < 1.29 is 41.4 Å². The molecule has 5 nitrogen and oxygen atoms in total. The Labute approximate surface area is 181 Å². The lowest BCUT2D eigenvalue weighted by Crippen LogP contribution is -2.50. The van der Waals surface area contributed by atoms with Crippen LogP contribution in [0.2, 0.25) is 0 Å². The molecule has 0 N–H and O–H groups in total. The van der Waals surface area contributed by atoms with E-state index in [0.717, 1.165) is 19.2 Å². The number of benzene rings is 2. The Morgan fingerprint density at radius 1 is 0.969 bits per heavy atom. The lowest BCUT2D eigenvalue weighted by Gasteiger charge is -2.31. The first-order valence-electron chi connectivity index (χ1n) is 9.38. The van der Waals surface area contributed by atoms with Crippen molar-refractivity contribution in [2.75, 3.05) is 13.7 Å². The van der Waals surface area contributed by atoms with Gasteiger partial charge in [-0.1, -0.05) is 49.0 Å². The van der Waals surface area contributed by atoms with E-state index in [9.17, 15) is 27.6 Å². The van der Waals surface area contributed by atoms with E-state index in [2.05, 4.69) is 11.3 Å². The van der Waals surface area contributed by atoms with Gasteiger partial charge in [0.15, 0.2) is 0 Å². The average Bonchev–Trinajstić information content (AvgIpc) is 2.78. The minimum absolute atomic E-state index is 0.211. The number of esters is 2. The number of ether oxygens (including phenoxy) is 2. The maximum atomic E-state index is 16.6. The van der Waals surface area contributed by atoms with Crippen LogP contribution in [0.15, 0.2) is 66.7 Å². The predicted molar refractivity (Wildman–Crippen MR) is 107 cm³/mol. The first-order valence-corrected chi connectivity index (χ1v) is 9.38. The fraction of sp³-hybridized carbons (Fsp3) is 0.261. The third-order valence-electron chi connectivity index (χ3n) is 4.70. The molecule has 0 aliphatic carbocycles. The molecule has 0 radical (unpaired) electrons. The van der Waals surface area contributed by atoms with Gasteiger partial charge in [-0.3, -0.25) is 4.79 Å². The molecule has 9 heteroatoms. The van der Waals surface area contributed by atoms with Gasteiger partial charge in [0.05, 0.1) is 25.2 Å². The van der Waals surface area contributed by atoms with Crippen molar-refractivity contribution in [3.8, 4) is 0 Å². The summed E-state index contributed by atoms with van der Waals surface area (Å²) in [5.41, 5.74) is -5.68. The van der Waals surface area contributed by atoms with Crippen molar-refractivity contribution in [2.45, 2.75) is 24.7 Å². The molecule has 0 amide bonds. The summed E-state index contributed by atoms with van der Waals surface area (Å²) in [5.74, 6) is -6.11. The summed E-state index contributed by atoms with van der Waals surface area (Å²) in [4.78, 5) is 38.1. The highest BCUT2D eigenvalue weighted by atomic mass is 19.4. The van der Waals surface area contributed by atoms with Crippen LogP contribution >= 0.6 is 0 Å². The number of hydrogen-bond acceptors (Lipinski definition) is 5. The second kappa shape index (κ2) is 9.76. The third-order valence-corrected chi connectivity index (χ3v) is 4.70. The number of ketones is 1. The SMILES string of the molecule is C=C(C(=O)OC)C(c1ccc(C(F)(F)F)cc1)C(F)(C(=O)OCC)C(=O)c1ccccc1. The van der Waals surface area contributed by atoms with Crippen LogP contribution in [-0.4, -0.2) is 37.1 Å². The Morgan fingerprint density at radius 3 is 2.00 bits per heavy atom.